The Kier molecular flexibility index (Phi) is 11.2. The number of likely N-dealkylation sites (tertiary alicyclic amines) is 1. The lowest BCUT2D eigenvalue weighted by Gasteiger charge is -2.48. The van der Waals surface area contributed by atoms with Crippen LogP contribution in [0.1, 0.15) is 56.9 Å². The predicted molar refractivity (Wildman–Crippen MR) is 141 cm³/mol. The second kappa shape index (κ2) is 13.3. The van der Waals surface area contributed by atoms with Gasteiger partial charge in [-0.1, -0.05) is 25.7 Å². The minimum absolute atomic E-state index is 0. The first kappa shape index (κ1) is 26.8. The van der Waals surface area contributed by atoms with Crippen molar-refractivity contribution in [3.63, 3.8) is 0 Å². The third-order valence-electron chi connectivity index (χ3n) is 6.80. The van der Waals surface area contributed by atoms with Crippen molar-refractivity contribution >= 4 is 29.9 Å². The summed E-state index contributed by atoms with van der Waals surface area (Å²) in [6.07, 6.45) is 10.6. The third kappa shape index (κ3) is 6.56. The van der Waals surface area contributed by atoms with E-state index in [-0.39, 0.29) is 29.5 Å². The van der Waals surface area contributed by atoms with Gasteiger partial charge in [0.1, 0.15) is 0 Å². The number of methoxy groups -OCH3 is 3. The number of hydrogen-bond acceptors (Lipinski definition) is 5. The van der Waals surface area contributed by atoms with Crippen LogP contribution in [0.2, 0.25) is 0 Å². The molecule has 0 amide bonds. The van der Waals surface area contributed by atoms with Gasteiger partial charge in [0.05, 0.1) is 21.3 Å². The lowest BCUT2D eigenvalue weighted by molar-refractivity contribution is 0.0368. The van der Waals surface area contributed by atoms with E-state index in [2.05, 4.69) is 20.5 Å². The monoisotopic (exact) mass is 560 g/mol. The highest BCUT2D eigenvalue weighted by Crippen LogP contribution is 2.38. The van der Waals surface area contributed by atoms with Gasteiger partial charge in [0.25, 0.3) is 0 Å². The lowest BCUT2D eigenvalue weighted by atomic mass is 9.79. The highest BCUT2D eigenvalue weighted by atomic mass is 127. The van der Waals surface area contributed by atoms with Crippen molar-refractivity contribution in [3.05, 3.63) is 17.7 Å². The molecule has 182 valence electrons. The van der Waals surface area contributed by atoms with Gasteiger partial charge in [0, 0.05) is 25.7 Å². The minimum atomic E-state index is 0. The highest BCUT2D eigenvalue weighted by Gasteiger charge is 2.38. The number of nitrogens with one attached hydrogen (secondary N) is 2. The highest BCUT2D eigenvalue weighted by molar-refractivity contribution is 14.0. The van der Waals surface area contributed by atoms with Gasteiger partial charge < -0.3 is 24.8 Å². The number of nitrogens with zero attached hydrogens (tertiary/aromatic N) is 2. The van der Waals surface area contributed by atoms with Crippen LogP contribution in [-0.4, -0.2) is 64.4 Å². The van der Waals surface area contributed by atoms with E-state index in [1.165, 1.54) is 64.5 Å². The predicted octanol–water partition coefficient (Wildman–Crippen LogP) is 4.18. The van der Waals surface area contributed by atoms with Crippen molar-refractivity contribution in [3.8, 4) is 17.2 Å². The van der Waals surface area contributed by atoms with Crippen molar-refractivity contribution in [1.29, 1.82) is 0 Å². The molecule has 1 aromatic rings. The fourth-order valence-electron chi connectivity index (χ4n) is 5.08. The molecule has 1 heterocycles. The van der Waals surface area contributed by atoms with E-state index in [4.69, 9.17) is 14.2 Å². The first-order valence-electron chi connectivity index (χ1n) is 11.6. The molecular weight excluding hydrogens is 519 g/mol. The maximum absolute atomic E-state index is 5.48. The van der Waals surface area contributed by atoms with Crippen LogP contribution in [0.5, 0.6) is 17.2 Å². The Labute approximate surface area is 210 Å². The molecule has 3 rings (SSSR count). The van der Waals surface area contributed by atoms with Crippen molar-refractivity contribution in [1.82, 2.24) is 15.5 Å². The van der Waals surface area contributed by atoms with Crippen LogP contribution in [0.4, 0.5) is 0 Å². The Hall–Kier alpha value is -1.42. The average molecular weight is 561 g/mol. The van der Waals surface area contributed by atoms with Crippen LogP contribution in [0.3, 0.4) is 0 Å². The number of piperidine rings is 1. The van der Waals surface area contributed by atoms with E-state index in [9.17, 15) is 0 Å². The molecule has 1 saturated carbocycles. The van der Waals surface area contributed by atoms with Crippen LogP contribution in [0.15, 0.2) is 17.1 Å². The SMILES string of the molecule is CN=C(NCc1cc(OC)c(OC)c(OC)c1)NCC1(N2CCCCC2)CCCCC1.I. The topological polar surface area (TPSA) is 67.4 Å². The molecule has 8 heteroatoms. The molecule has 2 aliphatic rings. The number of benzene rings is 1. The van der Waals surface area contributed by atoms with E-state index in [1.54, 1.807) is 21.3 Å². The number of guanidine groups is 1. The smallest absolute Gasteiger partial charge is 0.203 e. The molecule has 0 bridgehead atoms. The zero-order valence-electron chi connectivity index (χ0n) is 20.2. The van der Waals surface area contributed by atoms with E-state index in [1.807, 2.05) is 19.2 Å². The summed E-state index contributed by atoms with van der Waals surface area (Å²) >= 11 is 0. The molecule has 2 N–H and O–H groups in total. The number of rotatable bonds is 8. The molecule has 1 saturated heterocycles. The quantitative estimate of drug-likeness (QED) is 0.283. The summed E-state index contributed by atoms with van der Waals surface area (Å²) in [6, 6.07) is 3.94. The normalized spacial score (nSPS) is 18.9. The van der Waals surface area contributed by atoms with Crippen molar-refractivity contribution in [2.75, 3.05) is 48.0 Å². The Morgan fingerprint density at radius 3 is 2.03 bits per heavy atom. The molecular formula is C24H41IN4O3. The standard InChI is InChI=1S/C24H40N4O3.HI/c1-25-23(26-17-19-15-20(29-2)22(31-4)21(16-19)30-3)27-18-24(11-7-5-8-12-24)28-13-9-6-10-14-28;/h15-16H,5-14,17-18H2,1-4H3,(H2,25,26,27);1H. The maximum Gasteiger partial charge on any atom is 0.203 e. The summed E-state index contributed by atoms with van der Waals surface area (Å²) in [5.41, 5.74) is 1.31. The molecule has 1 aliphatic carbocycles. The number of hydrogen-bond donors (Lipinski definition) is 2. The Morgan fingerprint density at radius 1 is 0.906 bits per heavy atom. The molecule has 0 radical (unpaired) electrons. The molecule has 1 aliphatic heterocycles. The summed E-state index contributed by atoms with van der Waals surface area (Å²) in [7, 11) is 6.73. The first-order chi connectivity index (χ1) is 15.2. The Balaban J connectivity index is 0.00000363. The Morgan fingerprint density at radius 2 is 1.50 bits per heavy atom. The van der Waals surface area contributed by atoms with Crippen LogP contribution < -0.4 is 24.8 Å². The summed E-state index contributed by atoms with van der Waals surface area (Å²) in [4.78, 5) is 7.23. The fourth-order valence-corrected chi connectivity index (χ4v) is 5.08. The second-order valence-corrected chi connectivity index (χ2v) is 8.65. The van der Waals surface area contributed by atoms with Crippen LogP contribution in [-0.2, 0) is 6.54 Å². The van der Waals surface area contributed by atoms with E-state index < -0.39 is 0 Å². The summed E-state index contributed by atoms with van der Waals surface area (Å²) in [6.45, 7) is 4.04. The van der Waals surface area contributed by atoms with E-state index in [0.29, 0.717) is 23.8 Å². The van der Waals surface area contributed by atoms with Crippen LogP contribution in [0.25, 0.3) is 0 Å². The zero-order valence-corrected chi connectivity index (χ0v) is 22.5. The van der Waals surface area contributed by atoms with Crippen LogP contribution in [0, 0.1) is 0 Å². The van der Waals surface area contributed by atoms with Gasteiger partial charge in [0.2, 0.25) is 5.75 Å². The van der Waals surface area contributed by atoms with Gasteiger partial charge in [-0.15, -0.1) is 24.0 Å². The summed E-state index contributed by atoms with van der Waals surface area (Å²) in [5, 5.41) is 7.09. The molecule has 32 heavy (non-hydrogen) atoms. The van der Waals surface area contributed by atoms with E-state index in [0.717, 1.165) is 18.1 Å². The second-order valence-electron chi connectivity index (χ2n) is 8.65. The fraction of sp³-hybridized carbons (Fsp3) is 0.708. The van der Waals surface area contributed by atoms with Gasteiger partial charge in [-0.3, -0.25) is 9.89 Å². The lowest BCUT2D eigenvalue weighted by Crippen LogP contribution is -2.59. The molecule has 7 nitrogen and oxygen atoms in total. The zero-order chi connectivity index (χ0) is 22.1. The molecule has 1 aromatic carbocycles. The Bertz CT molecular complexity index is 707. The van der Waals surface area contributed by atoms with Crippen molar-refractivity contribution in [2.24, 2.45) is 4.99 Å². The largest absolute Gasteiger partial charge is 0.493 e. The molecule has 2 fully saturated rings. The first-order valence-corrected chi connectivity index (χ1v) is 11.6. The van der Waals surface area contributed by atoms with Crippen molar-refractivity contribution in [2.45, 2.75) is 63.5 Å². The molecule has 0 atom stereocenters. The van der Waals surface area contributed by atoms with Crippen LogP contribution >= 0.6 is 24.0 Å². The number of halogens is 1. The molecule has 0 aromatic heterocycles. The van der Waals surface area contributed by atoms with Gasteiger partial charge in [-0.25, -0.2) is 0 Å². The third-order valence-corrected chi connectivity index (χ3v) is 6.80. The molecule has 0 unspecified atom stereocenters. The minimum Gasteiger partial charge on any atom is -0.493 e. The van der Waals surface area contributed by atoms with E-state index >= 15 is 0 Å². The van der Waals surface area contributed by atoms with Gasteiger partial charge in [-0.05, 0) is 56.5 Å². The van der Waals surface area contributed by atoms with Gasteiger partial charge >= 0.3 is 0 Å². The summed E-state index contributed by atoms with van der Waals surface area (Å²) < 4.78 is 16.4. The number of aliphatic imine (C=N–C) groups is 1. The summed E-state index contributed by atoms with van der Waals surface area (Å²) in [5.74, 6) is 2.76. The van der Waals surface area contributed by atoms with Gasteiger partial charge in [-0.2, -0.15) is 0 Å². The maximum atomic E-state index is 5.48. The van der Waals surface area contributed by atoms with Crippen molar-refractivity contribution < 1.29 is 14.2 Å². The van der Waals surface area contributed by atoms with Gasteiger partial charge in [0.15, 0.2) is 17.5 Å². The average Bonchev–Trinajstić information content (AvgIpc) is 2.84. The number of ether oxygens (including phenoxy) is 3. The molecule has 0 spiro atoms.